The van der Waals surface area contributed by atoms with Crippen LogP contribution in [-0.2, 0) is 4.74 Å². The van der Waals surface area contributed by atoms with Gasteiger partial charge in [-0.3, -0.25) is 9.78 Å². The van der Waals surface area contributed by atoms with E-state index < -0.39 is 5.97 Å². The van der Waals surface area contributed by atoms with Crippen LogP contribution in [0.5, 0.6) is 0 Å². The molecule has 5 heteroatoms. The van der Waals surface area contributed by atoms with Crippen LogP contribution in [0.3, 0.4) is 0 Å². The van der Waals surface area contributed by atoms with E-state index in [0.29, 0.717) is 22.2 Å². The van der Waals surface area contributed by atoms with Gasteiger partial charge in [0.15, 0.2) is 0 Å². The fourth-order valence-corrected chi connectivity index (χ4v) is 1.72. The van der Waals surface area contributed by atoms with Crippen LogP contribution in [0.25, 0.3) is 10.9 Å². The van der Waals surface area contributed by atoms with Gasteiger partial charge in [0, 0.05) is 11.9 Å². The number of aromatic amines is 1. The van der Waals surface area contributed by atoms with Crippen molar-refractivity contribution in [2.75, 3.05) is 6.61 Å². The van der Waals surface area contributed by atoms with E-state index in [4.69, 9.17) is 4.74 Å². The third-order valence-corrected chi connectivity index (χ3v) is 2.44. The first-order valence-electron chi connectivity index (χ1n) is 5.30. The topological polar surface area (TPSA) is 72.1 Å². The van der Waals surface area contributed by atoms with Crippen LogP contribution in [0.15, 0.2) is 23.1 Å². The lowest BCUT2D eigenvalue weighted by molar-refractivity contribution is 0.0527. The van der Waals surface area contributed by atoms with Crippen LogP contribution in [0.4, 0.5) is 0 Å². The number of pyridine rings is 2. The van der Waals surface area contributed by atoms with E-state index in [1.54, 1.807) is 32.2 Å². The number of hydrogen-bond acceptors (Lipinski definition) is 4. The van der Waals surface area contributed by atoms with Crippen LogP contribution >= 0.6 is 0 Å². The Hall–Kier alpha value is -2.17. The van der Waals surface area contributed by atoms with Crippen molar-refractivity contribution in [2.45, 2.75) is 13.8 Å². The Morgan fingerprint density at radius 1 is 1.53 bits per heavy atom. The summed E-state index contributed by atoms with van der Waals surface area (Å²) < 4.78 is 4.96. The van der Waals surface area contributed by atoms with Gasteiger partial charge in [0.05, 0.1) is 17.5 Å². The summed E-state index contributed by atoms with van der Waals surface area (Å²) in [4.78, 5) is 30.2. The molecule has 0 aliphatic rings. The Labute approximate surface area is 97.4 Å². The predicted molar refractivity (Wildman–Crippen MR) is 63.1 cm³/mol. The number of fused-ring (bicyclic) bond motifs is 1. The third-order valence-electron chi connectivity index (χ3n) is 2.44. The zero-order valence-corrected chi connectivity index (χ0v) is 9.61. The molecule has 17 heavy (non-hydrogen) atoms. The van der Waals surface area contributed by atoms with Gasteiger partial charge in [-0.2, -0.15) is 0 Å². The Bertz CT molecular complexity index is 631. The summed E-state index contributed by atoms with van der Waals surface area (Å²) in [6, 6.07) is 3.28. The second-order valence-corrected chi connectivity index (χ2v) is 3.57. The molecule has 2 aromatic rings. The highest BCUT2D eigenvalue weighted by atomic mass is 16.5. The fraction of sp³-hybridized carbons (Fsp3) is 0.250. The number of esters is 1. The molecule has 0 radical (unpaired) electrons. The van der Waals surface area contributed by atoms with Crippen molar-refractivity contribution in [1.29, 1.82) is 0 Å². The molecule has 0 bridgehead atoms. The summed E-state index contributed by atoms with van der Waals surface area (Å²) in [5, 5.41) is 0.390. The molecule has 0 fully saturated rings. The molecule has 5 nitrogen and oxygen atoms in total. The minimum absolute atomic E-state index is 0.251. The monoisotopic (exact) mass is 232 g/mol. The summed E-state index contributed by atoms with van der Waals surface area (Å²) in [6.07, 6.45) is 1.55. The number of H-pyrrole nitrogens is 1. The molecule has 0 unspecified atom stereocenters. The van der Waals surface area contributed by atoms with Gasteiger partial charge in [0.1, 0.15) is 5.56 Å². The van der Waals surface area contributed by atoms with Gasteiger partial charge in [0.25, 0.3) is 5.56 Å². The normalized spacial score (nSPS) is 10.5. The number of carbonyl (C=O) groups excluding carboxylic acids is 1. The van der Waals surface area contributed by atoms with Crippen LogP contribution < -0.4 is 5.56 Å². The van der Waals surface area contributed by atoms with Crippen molar-refractivity contribution in [1.82, 2.24) is 9.97 Å². The molecule has 1 N–H and O–H groups in total. The number of hydrogen-bond donors (Lipinski definition) is 1. The Kier molecular flexibility index (Phi) is 2.91. The standard InChI is InChI=1S/C12H12N2O3/c1-3-17-12(16)9-7(2)14-11(15)8-5-4-6-13-10(8)9/h4-6H,3H2,1-2H3,(H,14,15). The molecule has 0 amide bonds. The molecule has 0 aromatic carbocycles. The summed E-state index contributed by atoms with van der Waals surface area (Å²) in [5.74, 6) is -0.468. The molecule has 2 rings (SSSR count). The Morgan fingerprint density at radius 2 is 2.29 bits per heavy atom. The molecule has 0 atom stereocenters. The van der Waals surface area contributed by atoms with Crippen molar-refractivity contribution in [3.8, 4) is 0 Å². The molecule has 0 aliphatic carbocycles. The van der Waals surface area contributed by atoms with Gasteiger partial charge in [-0.1, -0.05) is 0 Å². The van der Waals surface area contributed by atoms with Gasteiger partial charge in [-0.05, 0) is 26.0 Å². The highest BCUT2D eigenvalue weighted by Gasteiger charge is 2.17. The van der Waals surface area contributed by atoms with Crippen molar-refractivity contribution in [3.63, 3.8) is 0 Å². The van der Waals surface area contributed by atoms with Gasteiger partial charge in [-0.15, -0.1) is 0 Å². The average molecular weight is 232 g/mol. The fourth-order valence-electron chi connectivity index (χ4n) is 1.72. The van der Waals surface area contributed by atoms with E-state index in [2.05, 4.69) is 9.97 Å². The number of aromatic nitrogens is 2. The quantitative estimate of drug-likeness (QED) is 0.794. The summed E-state index contributed by atoms with van der Waals surface area (Å²) in [5.41, 5.74) is 0.924. The molecule has 0 saturated carbocycles. The molecule has 0 aliphatic heterocycles. The highest BCUT2D eigenvalue weighted by molar-refractivity contribution is 6.03. The molecule has 2 heterocycles. The molecular formula is C12H12N2O3. The van der Waals surface area contributed by atoms with E-state index in [1.807, 2.05) is 0 Å². The Morgan fingerprint density at radius 3 is 3.00 bits per heavy atom. The average Bonchev–Trinajstić information content (AvgIpc) is 2.29. The number of nitrogens with one attached hydrogen (secondary N) is 1. The van der Waals surface area contributed by atoms with Gasteiger partial charge in [0.2, 0.25) is 0 Å². The van der Waals surface area contributed by atoms with Crippen LogP contribution in [0.1, 0.15) is 23.0 Å². The SMILES string of the molecule is CCOC(=O)c1c(C)[nH]c(=O)c2cccnc12. The van der Waals surface area contributed by atoms with E-state index >= 15 is 0 Å². The maximum Gasteiger partial charge on any atom is 0.342 e. The summed E-state index contributed by atoms with van der Waals surface area (Å²) in [7, 11) is 0. The molecule has 0 spiro atoms. The maximum atomic E-state index is 11.8. The second-order valence-electron chi connectivity index (χ2n) is 3.57. The number of carbonyl (C=O) groups is 1. The van der Waals surface area contributed by atoms with Gasteiger partial charge < -0.3 is 9.72 Å². The zero-order chi connectivity index (χ0) is 12.4. The van der Waals surface area contributed by atoms with Crippen LogP contribution in [0.2, 0.25) is 0 Å². The lowest BCUT2D eigenvalue weighted by Gasteiger charge is -2.07. The van der Waals surface area contributed by atoms with Crippen molar-refractivity contribution in [3.05, 3.63) is 39.9 Å². The van der Waals surface area contributed by atoms with Crippen molar-refractivity contribution < 1.29 is 9.53 Å². The maximum absolute atomic E-state index is 11.8. The third kappa shape index (κ3) is 1.91. The smallest absolute Gasteiger partial charge is 0.342 e. The lowest BCUT2D eigenvalue weighted by atomic mass is 10.1. The number of ether oxygens (including phenoxy) is 1. The van der Waals surface area contributed by atoms with E-state index in [1.165, 1.54) is 0 Å². The van der Waals surface area contributed by atoms with Crippen LogP contribution in [-0.4, -0.2) is 22.5 Å². The molecule has 2 aromatic heterocycles. The lowest BCUT2D eigenvalue weighted by Crippen LogP contribution is -2.16. The van der Waals surface area contributed by atoms with Crippen LogP contribution in [0, 0.1) is 6.92 Å². The minimum Gasteiger partial charge on any atom is -0.462 e. The predicted octanol–water partition coefficient (Wildman–Crippen LogP) is 1.41. The van der Waals surface area contributed by atoms with E-state index in [-0.39, 0.29) is 12.2 Å². The molecule has 88 valence electrons. The van der Waals surface area contributed by atoms with E-state index in [0.717, 1.165) is 0 Å². The van der Waals surface area contributed by atoms with Gasteiger partial charge in [-0.25, -0.2) is 4.79 Å². The second kappa shape index (κ2) is 4.37. The first-order valence-corrected chi connectivity index (χ1v) is 5.30. The Balaban J connectivity index is 2.78. The van der Waals surface area contributed by atoms with E-state index in [9.17, 15) is 9.59 Å². The van der Waals surface area contributed by atoms with Crippen molar-refractivity contribution >= 4 is 16.9 Å². The summed E-state index contributed by atoms with van der Waals surface area (Å²) in [6.45, 7) is 3.67. The first kappa shape index (κ1) is 11.3. The molecule has 0 saturated heterocycles. The molecular weight excluding hydrogens is 220 g/mol. The first-order chi connectivity index (χ1) is 8.15. The van der Waals surface area contributed by atoms with Gasteiger partial charge >= 0.3 is 5.97 Å². The summed E-state index contributed by atoms with van der Waals surface area (Å²) >= 11 is 0. The minimum atomic E-state index is -0.468. The largest absolute Gasteiger partial charge is 0.462 e. The zero-order valence-electron chi connectivity index (χ0n) is 9.61. The highest BCUT2D eigenvalue weighted by Crippen LogP contribution is 2.16. The number of rotatable bonds is 2. The number of aryl methyl sites for hydroxylation is 1. The number of nitrogens with zero attached hydrogens (tertiary/aromatic N) is 1. The van der Waals surface area contributed by atoms with Crippen molar-refractivity contribution in [2.24, 2.45) is 0 Å².